The Kier molecular flexibility index (Phi) is 2.30. The fourth-order valence-corrected chi connectivity index (χ4v) is 1.92. The lowest BCUT2D eigenvalue weighted by molar-refractivity contribution is 0.136. The molecule has 0 heterocycles. The summed E-state index contributed by atoms with van der Waals surface area (Å²) in [5.74, 6) is 0.883. The summed E-state index contributed by atoms with van der Waals surface area (Å²) in [4.78, 5) is 0. The third-order valence-electron chi connectivity index (χ3n) is 2.61. The first-order chi connectivity index (χ1) is 6.76. The maximum Gasteiger partial charge on any atom is 0.119 e. The van der Waals surface area contributed by atoms with Gasteiger partial charge in [0.15, 0.2) is 0 Å². The molecule has 1 unspecified atom stereocenters. The first-order valence-corrected chi connectivity index (χ1v) is 4.65. The van der Waals surface area contributed by atoms with Crippen LogP contribution < -0.4 is 4.74 Å². The van der Waals surface area contributed by atoms with E-state index in [0.717, 1.165) is 5.75 Å². The Morgan fingerprint density at radius 1 is 1.21 bits per heavy atom. The number of benzene rings is 1. The zero-order chi connectivity index (χ0) is 10.1. The molecule has 2 rings (SSSR count). The molecule has 0 N–H and O–H groups in total. The summed E-state index contributed by atoms with van der Waals surface area (Å²) in [7, 11) is 3.41. The average molecular weight is 190 g/mol. The van der Waals surface area contributed by atoms with Gasteiger partial charge in [-0.1, -0.05) is 12.1 Å². The van der Waals surface area contributed by atoms with Crippen LogP contribution in [0.1, 0.15) is 24.2 Å². The molecule has 1 aromatic carbocycles. The van der Waals surface area contributed by atoms with Crippen molar-refractivity contribution >= 4 is 6.08 Å². The Morgan fingerprint density at radius 3 is 2.64 bits per heavy atom. The van der Waals surface area contributed by atoms with Gasteiger partial charge in [-0.25, -0.2) is 0 Å². The Morgan fingerprint density at radius 2 is 2.00 bits per heavy atom. The first-order valence-electron chi connectivity index (χ1n) is 4.65. The fraction of sp³-hybridized carbons (Fsp3) is 0.333. The highest BCUT2D eigenvalue weighted by atomic mass is 16.5. The summed E-state index contributed by atoms with van der Waals surface area (Å²) >= 11 is 0. The number of hydrogen-bond donors (Lipinski definition) is 0. The normalized spacial score (nSPS) is 19.1. The molecule has 0 bridgehead atoms. The highest BCUT2D eigenvalue weighted by molar-refractivity contribution is 5.66. The lowest BCUT2D eigenvalue weighted by atomic mass is 10.1. The molecule has 14 heavy (non-hydrogen) atoms. The maximum atomic E-state index is 5.43. The van der Waals surface area contributed by atoms with Gasteiger partial charge in [0.05, 0.1) is 7.11 Å². The van der Waals surface area contributed by atoms with Crippen molar-refractivity contribution in [2.45, 2.75) is 13.0 Å². The second-order valence-corrected chi connectivity index (χ2v) is 3.50. The van der Waals surface area contributed by atoms with E-state index in [-0.39, 0.29) is 6.10 Å². The molecule has 1 aromatic rings. The molecule has 0 saturated carbocycles. The van der Waals surface area contributed by atoms with Crippen LogP contribution >= 0.6 is 0 Å². The number of methoxy groups -OCH3 is 2. The molecule has 74 valence electrons. The van der Waals surface area contributed by atoms with E-state index in [4.69, 9.17) is 9.47 Å². The first kappa shape index (κ1) is 9.28. The highest BCUT2D eigenvalue weighted by Crippen LogP contribution is 2.37. The van der Waals surface area contributed by atoms with Gasteiger partial charge in [-0.3, -0.25) is 0 Å². The van der Waals surface area contributed by atoms with Crippen molar-refractivity contribution in [1.29, 1.82) is 0 Å². The average Bonchev–Trinajstić information content (AvgIpc) is 2.52. The highest BCUT2D eigenvalue weighted by Gasteiger charge is 2.22. The molecule has 1 aliphatic carbocycles. The quantitative estimate of drug-likeness (QED) is 0.714. The second-order valence-electron chi connectivity index (χ2n) is 3.50. The molecule has 0 radical (unpaired) electrons. The van der Waals surface area contributed by atoms with Gasteiger partial charge >= 0.3 is 0 Å². The van der Waals surface area contributed by atoms with Gasteiger partial charge < -0.3 is 9.47 Å². The zero-order valence-corrected chi connectivity index (χ0v) is 8.70. The van der Waals surface area contributed by atoms with E-state index in [0.29, 0.717) is 0 Å². The van der Waals surface area contributed by atoms with Crippen molar-refractivity contribution < 1.29 is 9.47 Å². The Bertz CT molecular complexity index is 380. The molecule has 1 atom stereocenters. The number of rotatable bonds is 2. The van der Waals surface area contributed by atoms with Crippen molar-refractivity contribution in [1.82, 2.24) is 0 Å². The Balaban J connectivity index is 2.45. The predicted octanol–water partition coefficient (Wildman–Crippen LogP) is 2.80. The van der Waals surface area contributed by atoms with Gasteiger partial charge in [-0.05, 0) is 35.8 Å². The summed E-state index contributed by atoms with van der Waals surface area (Å²) in [5, 5.41) is 0. The molecule has 1 aliphatic rings. The smallest absolute Gasteiger partial charge is 0.119 e. The third kappa shape index (κ3) is 1.32. The van der Waals surface area contributed by atoms with Crippen LogP contribution in [0.25, 0.3) is 6.08 Å². The summed E-state index contributed by atoms with van der Waals surface area (Å²) in [6.45, 7) is 2.08. The van der Waals surface area contributed by atoms with Gasteiger partial charge in [-0.2, -0.15) is 0 Å². The van der Waals surface area contributed by atoms with Crippen molar-refractivity contribution in [3.05, 3.63) is 34.9 Å². The molecule has 0 spiro atoms. The van der Waals surface area contributed by atoms with E-state index in [1.807, 2.05) is 12.1 Å². The third-order valence-corrected chi connectivity index (χ3v) is 2.61. The topological polar surface area (TPSA) is 18.5 Å². The summed E-state index contributed by atoms with van der Waals surface area (Å²) in [6.07, 6.45) is 2.25. The van der Waals surface area contributed by atoms with Crippen LogP contribution in [0.5, 0.6) is 5.75 Å². The monoisotopic (exact) mass is 190 g/mol. The molecule has 0 fully saturated rings. The van der Waals surface area contributed by atoms with E-state index >= 15 is 0 Å². The molecule has 0 aromatic heterocycles. The van der Waals surface area contributed by atoms with Crippen LogP contribution in [-0.4, -0.2) is 14.2 Å². The van der Waals surface area contributed by atoms with Gasteiger partial charge in [0.2, 0.25) is 0 Å². The minimum absolute atomic E-state index is 0.0973. The summed E-state index contributed by atoms with van der Waals surface area (Å²) < 4.78 is 10.6. The van der Waals surface area contributed by atoms with E-state index in [1.54, 1.807) is 14.2 Å². The van der Waals surface area contributed by atoms with Crippen molar-refractivity contribution in [2.24, 2.45) is 0 Å². The van der Waals surface area contributed by atoms with Crippen LogP contribution in [0.15, 0.2) is 23.8 Å². The van der Waals surface area contributed by atoms with E-state index in [2.05, 4.69) is 19.1 Å². The van der Waals surface area contributed by atoms with Crippen LogP contribution in [0.3, 0.4) is 0 Å². The largest absolute Gasteiger partial charge is 0.497 e. The number of fused-ring (bicyclic) bond motifs is 1. The molecule has 0 amide bonds. The van der Waals surface area contributed by atoms with Crippen molar-refractivity contribution in [2.75, 3.05) is 14.2 Å². The number of ether oxygens (including phenoxy) is 2. The SMILES string of the molecule is COc1ccc2c(c1)C(OC)C(C)=C2. The van der Waals surface area contributed by atoms with Gasteiger partial charge in [0.25, 0.3) is 0 Å². The second kappa shape index (κ2) is 3.46. The molecular weight excluding hydrogens is 176 g/mol. The molecule has 0 saturated heterocycles. The zero-order valence-electron chi connectivity index (χ0n) is 8.70. The maximum absolute atomic E-state index is 5.43. The van der Waals surface area contributed by atoms with Crippen LogP contribution in [0, 0.1) is 0 Å². The Labute approximate surface area is 84.2 Å². The van der Waals surface area contributed by atoms with Crippen LogP contribution in [0.2, 0.25) is 0 Å². The summed E-state index contributed by atoms with van der Waals surface area (Å²) in [5.41, 5.74) is 3.68. The molecule has 2 nitrogen and oxygen atoms in total. The van der Waals surface area contributed by atoms with Gasteiger partial charge in [0.1, 0.15) is 11.9 Å². The predicted molar refractivity (Wildman–Crippen MR) is 56.4 cm³/mol. The Hall–Kier alpha value is -1.28. The van der Waals surface area contributed by atoms with Gasteiger partial charge in [0, 0.05) is 7.11 Å². The molecular formula is C12H14O2. The number of hydrogen-bond acceptors (Lipinski definition) is 2. The van der Waals surface area contributed by atoms with E-state index in [1.165, 1.54) is 16.7 Å². The fourth-order valence-electron chi connectivity index (χ4n) is 1.92. The van der Waals surface area contributed by atoms with E-state index < -0.39 is 0 Å². The van der Waals surface area contributed by atoms with Gasteiger partial charge in [-0.15, -0.1) is 0 Å². The molecule has 2 heteroatoms. The lowest BCUT2D eigenvalue weighted by Crippen LogP contribution is -1.99. The standard InChI is InChI=1S/C12H14O2/c1-8-6-9-4-5-10(13-2)7-11(9)12(8)14-3/h4-7,12H,1-3H3. The minimum atomic E-state index is 0.0973. The minimum Gasteiger partial charge on any atom is -0.497 e. The molecule has 0 aliphatic heterocycles. The van der Waals surface area contributed by atoms with Crippen molar-refractivity contribution in [3.8, 4) is 5.75 Å². The van der Waals surface area contributed by atoms with Crippen molar-refractivity contribution in [3.63, 3.8) is 0 Å². The van der Waals surface area contributed by atoms with E-state index in [9.17, 15) is 0 Å². The lowest BCUT2D eigenvalue weighted by Gasteiger charge is -2.12. The van der Waals surface area contributed by atoms with Crippen LogP contribution in [0.4, 0.5) is 0 Å². The van der Waals surface area contributed by atoms with Crippen LogP contribution in [-0.2, 0) is 4.74 Å². The summed E-state index contributed by atoms with van der Waals surface area (Å²) in [6, 6.07) is 6.08.